The van der Waals surface area contributed by atoms with Crippen LogP contribution in [0.3, 0.4) is 0 Å². The summed E-state index contributed by atoms with van der Waals surface area (Å²) in [7, 11) is 0. The Hall–Kier alpha value is -0.290. The smallest absolute Gasteiger partial charge is 0.311 e. The van der Waals surface area contributed by atoms with Crippen LogP contribution in [0.4, 0.5) is 13.2 Å². The van der Waals surface area contributed by atoms with Gasteiger partial charge in [0.15, 0.2) is 0 Å². The topological polar surface area (TPSA) is 15.3 Å². The fraction of sp³-hybridized carbons (Fsp3) is 1.00. The molecule has 1 aliphatic carbocycles. The number of halogens is 3. The van der Waals surface area contributed by atoms with Gasteiger partial charge < -0.3 is 5.32 Å². The Kier molecular flexibility index (Phi) is 3.67. The first-order valence-corrected chi connectivity index (χ1v) is 6.88. The molecule has 18 heavy (non-hydrogen) atoms. The summed E-state index contributed by atoms with van der Waals surface area (Å²) >= 11 is 0. The molecule has 0 aromatic carbocycles. The van der Waals surface area contributed by atoms with Gasteiger partial charge in [-0.15, -0.1) is 0 Å². The van der Waals surface area contributed by atoms with Crippen LogP contribution in [-0.4, -0.2) is 41.8 Å². The lowest BCUT2D eigenvalue weighted by molar-refractivity contribution is -0.206. The van der Waals surface area contributed by atoms with Gasteiger partial charge in [0.1, 0.15) is 5.54 Å². The Morgan fingerprint density at radius 1 is 1.39 bits per heavy atom. The minimum absolute atomic E-state index is 0.0329. The lowest BCUT2D eigenvalue weighted by atomic mass is 9.94. The first kappa shape index (κ1) is 14.1. The van der Waals surface area contributed by atoms with Gasteiger partial charge in [-0.25, -0.2) is 0 Å². The van der Waals surface area contributed by atoms with Gasteiger partial charge >= 0.3 is 6.18 Å². The molecule has 2 aliphatic rings. The Bertz CT molecular complexity index is 299. The van der Waals surface area contributed by atoms with Gasteiger partial charge in [-0.2, -0.15) is 13.2 Å². The number of hydrogen-bond acceptors (Lipinski definition) is 2. The van der Waals surface area contributed by atoms with Gasteiger partial charge in [-0.05, 0) is 25.7 Å². The zero-order valence-electron chi connectivity index (χ0n) is 11.3. The molecule has 0 radical (unpaired) electrons. The van der Waals surface area contributed by atoms with Crippen molar-refractivity contribution in [2.24, 2.45) is 5.92 Å². The van der Waals surface area contributed by atoms with Crippen molar-refractivity contribution in [1.82, 2.24) is 10.2 Å². The summed E-state index contributed by atoms with van der Waals surface area (Å²) < 4.78 is 39.6. The second-order valence-electron chi connectivity index (χ2n) is 5.93. The number of hydrogen-bond donors (Lipinski definition) is 1. The van der Waals surface area contributed by atoms with E-state index in [9.17, 15) is 13.2 Å². The maximum absolute atomic E-state index is 13.2. The van der Waals surface area contributed by atoms with E-state index < -0.39 is 11.7 Å². The van der Waals surface area contributed by atoms with Crippen molar-refractivity contribution in [3.05, 3.63) is 0 Å². The summed E-state index contributed by atoms with van der Waals surface area (Å²) in [6.45, 7) is 7.28. The van der Waals surface area contributed by atoms with Crippen LogP contribution in [0.5, 0.6) is 0 Å². The van der Waals surface area contributed by atoms with Crippen molar-refractivity contribution < 1.29 is 13.2 Å². The van der Waals surface area contributed by atoms with Crippen LogP contribution in [0.15, 0.2) is 0 Å². The van der Waals surface area contributed by atoms with Crippen molar-refractivity contribution in [3.63, 3.8) is 0 Å². The second kappa shape index (κ2) is 4.67. The van der Waals surface area contributed by atoms with Crippen molar-refractivity contribution in [2.45, 2.75) is 63.8 Å². The molecule has 0 amide bonds. The maximum atomic E-state index is 13.2. The van der Waals surface area contributed by atoms with Gasteiger partial charge in [0.05, 0.1) is 0 Å². The predicted octanol–water partition coefficient (Wildman–Crippen LogP) is 2.79. The molecule has 5 heteroatoms. The molecule has 2 rings (SSSR count). The highest BCUT2D eigenvalue weighted by atomic mass is 19.4. The quantitative estimate of drug-likeness (QED) is 0.843. The summed E-state index contributed by atoms with van der Waals surface area (Å²) in [5, 5.41) is 3.39. The van der Waals surface area contributed by atoms with Gasteiger partial charge in [0.25, 0.3) is 0 Å². The number of nitrogens with one attached hydrogen (secondary N) is 1. The maximum Gasteiger partial charge on any atom is 0.406 e. The van der Waals surface area contributed by atoms with E-state index in [-0.39, 0.29) is 24.9 Å². The normalized spacial score (nSPS) is 34.3. The number of rotatable bonds is 3. The van der Waals surface area contributed by atoms with Gasteiger partial charge in [0.2, 0.25) is 0 Å². The van der Waals surface area contributed by atoms with E-state index in [0.29, 0.717) is 19.0 Å². The lowest BCUT2D eigenvalue weighted by Gasteiger charge is -2.45. The van der Waals surface area contributed by atoms with E-state index in [1.54, 1.807) is 4.90 Å². The lowest BCUT2D eigenvalue weighted by Crippen LogP contribution is -2.64. The molecule has 0 bridgehead atoms. The molecule has 2 nitrogen and oxygen atoms in total. The number of alkyl halides is 3. The highest BCUT2D eigenvalue weighted by molar-refractivity contribution is 5.12. The zero-order chi connectivity index (χ0) is 13.6. The average molecular weight is 264 g/mol. The highest BCUT2D eigenvalue weighted by Crippen LogP contribution is 2.54. The van der Waals surface area contributed by atoms with Crippen LogP contribution in [0.25, 0.3) is 0 Å². The molecule has 106 valence electrons. The van der Waals surface area contributed by atoms with Crippen molar-refractivity contribution in [1.29, 1.82) is 0 Å². The van der Waals surface area contributed by atoms with E-state index in [2.05, 4.69) is 19.2 Å². The van der Waals surface area contributed by atoms with Crippen LogP contribution in [0.2, 0.25) is 0 Å². The molecule has 0 aromatic rings. The average Bonchev–Trinajstić information content (AvgIpc) is 3.09. The Morgan fingerprint density at radius 2 is 2.00 bits per heavy atom. The molecular formula is C13H23F3N2. The first-order valence-electron chi connectivity index (χ1n) is 6.88. The fourth-order valence-electron chi connectivity index (χ4n) is 3.00. The fourth-order valence-corrected chi connectivity index (χ4v) is 3.00. The molecule has 2 fully saturated rings. The third kappa shape index (κ3) is 2.27. The van der Waals surface area contributed by atoms with E-state index >= 15 is 0 Å². The number of piperazine rings is 1. The summed E-state index contributed by atoms with van der Waals surface area (Å²) in [6, 6.07) is 0.153. The Labute approximate surface area is 107 Å². The second-order valence-corrected chi connectivity index (χ2v) is 5.93. The molecule has 1 saturated carbocycles. The molecule has 1 aliphatic heterocycles. The van der Waals surface area contributed by atoms with E-state index in [1.165, 1.54) is 0 Å². The molecule has 3 atom stereocenters. The first-order chi connectivity index (χ1) is 8.32. The van der Waals surface area contributed by atoms with E-state index in [1.807, 2.05) is 6.92 Å². The monoisotopic (exact) mass is 264 g/mol. The highest BCUT2D eigenvalue weighted by Gasteiger charge is 2.67. The Morgan fingerprint density at radius 3 is 2.44 bits per heavy atom. The number of nitrogens with zero attached hydrogens (tertiary/aromatic N) is 1. The van der Waals surface area contributed by atoms with Crippen molar-refractivity contribution in [2.75, 3.05) is 13.1 Å². The van der Waals surface area contributed by atoms with Crippen LogP contribution >= 0.6 is 0 Å². The zero-order valence-corrected chi connectivity index (χ0v) is 11.3. The van der Waals surface area contributed by atoms with Crippen molar-refractivity contribution in [3.8, 4) is 0 Å². The summed E-state index contributed by atoms with van der Waals surface area (Å²) in [5.74, 6) is 0.420. The SMILES string of the molecule is CCC(C)C1CN(C2(C(F)(F)F)CC2)C(C)CN1. The Balaban J connectivity index is 2.11. The van der Waals surface area contributed by atoms with Crippen LogP contribution in [-0.2, 0) is 0 Å². The minimum atomic E-state index is -4.08. The standard InChI is InChI=1S/C13H23F3N2/c1-4-9(2)11-8-18(10(3)7-17-11)12(5-6-12)13(14,15)16/h9-11,17H,4-8H2,1-3H3. The molecular weight excluding hydrogens is 241 g/mol. The van der Waals surface area contributed by atoms with E-state index in [4.69, 9.17) is 0 Å². The molecule has 1 heterocycles. The van der Waals surface area contributed by atoms with Crippen LogP contribution in [0, 0.1) is 5.92 Å². The summed E-state index contributed by atoms with van der Waals surface area (Å²) in [5.41, 5.74) is -1.51. The minimum Gasteiger partial charge on any atom is -0.311 e. The molecule has 1 saturated heterocycles. The molecule has 3 unspecified atom stereocenters. The summed E-state index contributed by atoms with van der Waals surface area (Å²) in [6.07, 6.45) is -2.54. The third-order valence-electron chi connectivity index (χ3n) is 4.73. The molecule has 1 N–H and O–H groups in total. The van der Waals surface area contributed by atoms with Crippen LogP contribution < -0.4 is 5.32 Å². The summed E-state index contributed by atoms with van der Waals surface area (Å²) in [4.78, 5) is 1.71. The molecule has 0 aromatic heterocycles. The predicted molar refractivity (Wildman–Crippen MR) is 65.4 cm³/mol. The van der Waals surface area contributed by atoms with Crippen molar-refractivity contribution >= 4 is 0 Å². The molecule has 0 spiro atoms. The van der Waals surface area contributed by atoms with Gasteiger partial charge in [-0.1, -0.05) is 20.3 Å². The third-order valence-corrected chi connectivity index (χ3v) is 4.73. The van der Waals surface area contributed by atoms with Gasteiger partial charge in [-0.3, -0.25) is 4.90 Å². The van der Waals surface area contributed by atoms with Gasteiger partial charge in [0, 0.05) is 25.2 Å². The van der Waals surface area contributed by atoms with Crippen LogP contribution in [0.1, 0.15) is 40.0 Å². The largest absolute Gasteiger partial charge is 0.406 e. The van der Waals surface area contributed by atoms with E-state index in [0.717, 1.165) is 6.42 Å².